The third-order valence-electron chi connectivity index (χ3n) is 2.65. The van der Waals surface area contributed by atoms with Crippen LogP contribution in [0.25, 0.3) is 0 Å². The van der Waals surface area contributed by atoms with Crippen molar-refractivity contribution >= 4 is 29.1 Å². The highest BCUT2D eigenvalue weighted by atomic mass is 35.5. The maximum absolute atomic E-state index is 9.02. The molecular formula is C10H14ClN5O. The van der Waals surface area contributed by atoms with Gasteiger partial charge < -0.3 is 21.9 Å². The van der Waals surface area contributed by atoms with E-state index in [1.807, 2.05) is 12.2 Å². The van der Waals surface area contributed by atoms with Gasteiger partial charge in [-0.3, -0.25) is 0 Å². The number of halogens is 1. The summed E-state index contributed by atoms with van der Waals surface area (Å²) >= 11 is 5.81. The number of nitrogens with zero attached hydrogens (tertiary/aromatic N) is 2. The summed E-state index contributed by atoms with van der Waals surface area (Å²) in [5.41, 5.74) is 11.5. The highest BCUT2D eigenvalue weighted by molar-refractivity contribution is 6.32. The average Bonchev–Trinajstić information content (AvgIpc) is 2.73. The Morgan fingerprint density at radius 1 is 1.41 bits per heavy atom. The number of hydrogen-bond acceptors (Lipinski definition) is 6. The normalized spacial score (nSPS) is 22.9. The topological polar surface area (TPSA) is 110 Å². The van der Waals surface area contributed by atoms with E-state index in [4.69, 9.17) is 28.2 Å². The molecule has 1 heterocycles. The van der Waals surface area contributed by atoms with Gasteiger partial charge in [0.2, 0.25) is 5.95 Å². The molecule has 2 unspecified atom stereocenters. The summed E-state index contributed by atoms with van der Waals surface area (Å²) in [6, 6.07) is 0.0693. The predicted molar refractivity (Wildman–Crippen MR) is 67.6 cm³/mol. The first-order chi connectivity index (χ1) is 8.10. The molecule has 92 valence electrons. The van der Waals surface area contributed by atoms with Crippen molar-refractivity contribution in [3.63, 3.8) is 0 Å². The minimum absolute atomic E-state index is 0.0693. The van der Waals surface area contributed by atoms with Gasteiger partial charge in [-0.25, -0.2) is 0 Å². The van der Waals surface area contributed by atoms with Gasteiger partial charge in [0.15, 0.2) is 11.0 Å². The van der Waals surface area contributed by atoms with Crippen LogP contribution in [0, 0.1) is 5.92 Å². The third kappa shape index (κ3) is 2.59. The number of nitrogens with two attached hydrogens (primary N) is 2. The zero-order chi connectivity index (χ0) is 12.4. The third-order valence-corrected chi connectivity index (χ3v) is 2.93. The lowest BCUT2D eigenvalue weighted by Gasteiger charge is -2.15. The van der Waals surface area contributed by atoms with Crippen LogP contribution in [0.2, 0.25) is 5.15 Å². The van der Waals surface area contributed by atoms with Crippen molar-refractivity contribution in [1.29, 1.82) is 0 Å². The quantitative estimate of drug-likeness (QED) is 0.466. The summed E-state index contributed by atoms with van der Waals surface area (Å²) in [5.74, 6) is 0.673. The van der Waals surface area contributed by atoms with E-state index in [2.05, 4.69) is 15.3 Å². The summed E-state index contributed by atoms with van der Waals surface area (Å²) in [7, 11) is 0. The predicted octanol–water partition coefficient (Wildman–Crippen LogP) is 0.643. The fourth-order valence-electron chi connectivity index (χ4n) is 1.76. The van der Waals surface area contributed by atoms with Crippen LogP contribution < -0.4 is 16.8 Å². The lowest BCUT2D eigenvalue weighted by molar-refractivity contribution is 0.250. The number of aliphatic hydroxyl groups is 1. The molecule has 2 rings (SSSR count). The van der Waals surface area contributed by atoms with E-state index in [0.717, 1.165) is 6.42 Å². The molecule has 0 spiro atoms. The van der Waals surface area contributed by atoms with E-state index in [0.29, 0.717) is 5.82 Å². The van der Waals surface area contributed by atoms with Crippen molar-refractivity contribution in [2.45, 2.75) is 12.5 Å². The minimum Gasteiger partial charge on any atom is -0.396 e. The number of aromatic nitrogens is 2. The second kappa shape index (κ2) is 4.77. The molecule has 1 aliphatic rings. The minimum atomic E-state index is 0.0693. The van der Waals surface area contributed by atoms with Gasteiger partial charge in [0.25, 0.3) is 0 Å². The molecule has 0 radical (unpaired) electrons. The molecule has 0 saturated heterocycles. The molecule has 1 aromatic heterocycles. The number of anilines is 3. The first kappa shape index (κ1) is 11.9. The lowest BCUT2D eigenvalue weighted by Crippen LogP contribution is -2.19. The molecule has 0 saturated carbocycles. The lowest BCUT2D eigenvalue weighted by atomic mass is 10.1. The van der Waals surface area contributed by atoms with Crippen molar-refractivity contribution in [3.05, 3.63) is 17.3 Å². The van der Waals surface area contributed by atoms with Crippen molar-refractivity contribution in [1.82, 2.24) is 9.97 Å². The van der Waals surface area contributed by atoms with Crippen LogP contribution in [-0.2, 0) is 0 Å². The molecule has 1 aromatic rings. The Hall–Kier alpha value is -1.53. The monoisotopic (exact) mass is 255 g/mol. The van der Waals surface area contributed by atoms with E-state index in [-0.39, 0.29) is 35.4 Å². The molecule has 0 fully saturated rings. The summed E-state index contributed by atoms with van der Waals surface area (Å²) in [5, 5.41) is 12.3. The largest absolute Gasteiger partial charge is 0.396 e. The Morgan fingerprint density at radius 3 is 2.82 bits per heavy atom. The second-order valence-corrected chi connectivity index (χ2v) is 4.31. The summed E-state index contributed by atoms with van der Waals surface area (Å²) in [6.45, 7) is 0.136. The molecule has 0 bridgehead atoms. The summed E-state index contributed by atoms with van der Waals surface area (Å²) in [4.78, 5) is 7.75. The fraction of sp³-hybridized carbons (Fsp3) is 0.400. The Kier molecular flexibility index (Phi) is 3.35. The Labute approximate surface area is 104 Å². The van der Waals surface area contributed by atoms with Crippen LogP contribution in [0.3, 0.4) is 0 Å². The molecule has 7 heteroatoms. The van der Waals surface area contributed by atoms with Gasteiger partial charge in [-0.05, 0) is 6.42 Å². The van der Waals surface area contributed by atoms with Gasteiger partial charge in [0.05, 0.1) is 0 Å². The molecule has 2 atom stereocenters. The highest BCUT2D eigenvalue weighted by Crippen LogP contribution is 2.27. The molecule has 1 aliphatic carbocycles. The van der Waals surface area contributed by atoms with Gasteiger partial charge in [-0.2, -0.15) is 9.97 Å². The first-order valence-corrected chi connectivity index (χ1v) is 5.62. The number of nitrogen functional groups attached to an aromatic ring is 2. The SMILES string of the molecule is Nc1nc(Cl)c(N)c(NC2C=CC(CO)C2)n1. The Balaban J connectivity index is 2.12. The van der Waals surface area contributed by atoms with Crippen molar-refractivity contribution in [3.8, 4) is 0 Å². The van der Waals surface area contributed by atoms with E-state index < -0.39 is 0 Å². The van der Waals surface area contributed by atoms with Gasteiger partial charge >= 0.3 is 0 Å². The molecule has 0 aromatic carbocycles. The van der Waals surface area contributed by atoms with E-state index >= 15 is 0 Å². The molecule has 0 aliphatic heterocycles. The molecule has 17 heavy (non-hydrogen) atoms. The van der Waals surface area contributed by atoms with Crippen LogP contribution in [0.15, 0.2) is 12.2 Å². The first-order valence-electron chi connectivity index (χ1n) is 5.24. The van der Waals surface area contributed by atoms with Crippen molar-refractivity contribution in [2.24, 2.45) is 5.92 Å². The Bertz CT molecular complexity index is 451. The smallest absolute Gasteiger partial charge is 0.223 e. The maximum Gasteiger partial charge on any atom is 0.223 e. The van der Waals surface area contributed by atoms with Crippen LogP contribution in [0.1, 0.15) is 6.42 Å². The molecular weight excluding hydrogens is 242 g/mol. The van der Waals surface area contributed by atoms with Crippen LogP contribution in [0.5, 0.6) is 0 Å². The zero-order valence-corrected chi connectivity index (χ0v) is 9.85. The zero-order valence-electron chi connectivity index (χ0n) is 9.10. The van der Waals surface area contributed by atoms with Crippen molar-refractivity contribution in [2.75, 3.05) is 23.4 Å². The van der Waals surface area contributed by atoms with Gasteiger partial charge in [-0.1, -0.05) is 23.8 Å². The number of aliphatic hydroxyl groups excluding tert-OH is 1. The molecule has 6 N–H and O–H groups in total. The van der Waals surface area contributed by atoms with E-state index in [1.54, 1.807) is 0 Å². The van der Waals surface area contributed by atoms with Gasteiger partial charge in [0, 0.05) is 18.6 Å². The van der Waals surface area contributed by atoms with Crippen LogP contribution in [0.4, 0.5) is 17.5 Å². The summed E-state index contributed by atoms with van der Waals surface area (Å²) in [6.07, 6.45) is 4.71. The maximum atomic E-state index is 9.02. The molecule has 6 nitrogen and oxygen atoms in total. The number of rotatable bonds is 3. The average molecular weight is 256 g/mol. The second-order valence-electron chi connectivity index (χ2n) is 3.95. The van der Waals surface area contributed by atoms with Crippen LogP contribution >= 0.6 is 11.6 Å². The number of hydrogen-bond donors (Lipinski definition) is 4. The van der Waals surface area contributed by atoms with Gasteiger partial charge in [0.1, 0.15) is 5.69 Å². The summed E-state index contributed by atoms with van der Waals surface area (Å²) < 4.78 is 0. The fourth-order valence-corrected chi connectivity index (χ4v) is 1.94. The van der Waals surface area contributed by atoms with Crippen molar-refractivity contribution < 1.29 is 5.11 Å². The Morgan fingerprint density at radius 2 is 2.18 bits per heavy atom. The number of nitrogens with one attached hydrogen (secondary N) is 1. The highest BCUT2D eigenvalue weighted by Gasteiger charge is 2.20. The van der Waals surface area contributed by atoms with E-state index in [1.165, 1.54) is 0 Å². The standard InChI is InChI=1S/C10H14ClN5O/c11-8-7(12)9(16-10(13)15-8)14-6-2-1-5(3-6)4-17/h1-2,5-6,17H,3-4,12H2,(H3,13,14,15,16). The van der Waals surface area contributed by atoms with Gasteiger partial charge in [-0.15, -0.1) is 0 Å². The van der Waals surface area contributed by atoms with E-state index in [9.17, 15) is 0 Å². The molecule has 0 amide bonds. The van der Waals surface area contributed by atoms with Crippen LogP contribution in [-0.4, -0.2) is 27.7 Å².